The number of nitrogens with zero attached hydrogens (tertiary/aromatic N) is 1. The van der Waals surface area contributed by atoms with Crippen molar-refractivity contribution in [3.63, 3.8) is 0 Å². The first-order chi connectivity index (χ1) is 20.1. The van der Waals surface area contributed by atoms with E-state index in [4.69, 9.17) is 4.74 Å². The van der Waals surface area contributed by atoms with Gasteiger partial charge in [0.25, 0.3) is 5.69 Å². The van der Waals surface area contributed by atoms with E-state index in [0.717, 1.165) is 25.7 Å². The number of hydrogen-bond acceptors (Lipinski definition) is 4. The molecule has 0 spiro atoms. The summed E-state index contributed by atoms with van der Waals surface area (Å²) < 4.78 is 5.66. The first-order valence-corrected chi connectivity index (χ1v) is 17.5. The maximum absolute atomic E-state index is 13.0. The topological polar surface area (TPSA) is 69.4 Å². The van der Waals surface area contributed by atoms with Gasteiger partial charge >= 0.3 is 5.97 Å². The fourth-order valence-corrected chi connectivity index (χ4v) is 5.68. The first-order valence-electron chi connectivity index (χ1n) is 17.5. The average molecular weight is 574 g/mol. The van der Waals surface area contributed by atoms with Gasteiger partial charge in [-0.3, -0.25) is 14.9 Å². The van der Waals surface area contributed by atoms with Crippen LogP contribution >= 0.6 is 0 Å². The molecule has 0 atom stereocenters. The Bertz CT molecular complexity index is 720. The van der Waals surface area contributed by atoms with E-state index in [-0.39, 0.29) is 17.6 Å². The predicted octanol–water partition coefficient (Wildman–Crippen LogP) is 12.3. The van der Waals surface area contributed by atoms with Crippen LogP contribution in [0.4, 0.5) is 5.69 Å². The molecule has 0 aliphatic carbocycles. The molecule has 0 bridgehead atoms. The highest BCUT2D eigenvalue weighted by molar-refractivity contribution is 5.75. The van der Waals surface area contributed by atoms with Crippen molar-refractivity contribution in [1.29, 1.82) is 0 Å². The molecule has 5 nitrogen and oxygen atoms in total. The van der Waals surface area contributed by atoms with Gasteiger partial charge in [-0.1, -0.05) is 168 Å². The van der Waals surface area contributed by atoms with Crippen molar-refractivity contribution >= 4 is 11.7 Å². The molecular weight excluding hydrogens is 510 g/mol. The lowest BCUT2D eigenvalue weighted by Gasteiger charge is -2.16. The fourth-order valence-electron chi connectivity index (χ4n) is 5.68. The zero-order valence-electron chi connectivity index (χ0n) is 26.9. The molecule has 1 aromatic carbocycles. The number of benzene rings is 1. The number of carbonyl (C=O) groups excluding carboxylic acids is 1. The van der Waals surface area contributed by atoms with Crippen molar-refractivity contribution in [2.75, 3.05) is 0 Å². The number of non-ortho nitro benzene ring substituents is 1. The van der Waals surface area contributed by atoms with Crippen molar-refractivity contribution in [2.24, 2.45) is 5.92 Å². The van der Waals surface area contributed by atoms with Gasteiger partial charge in [0.1, 0.15) is 5.75 Å². The normalized spacial score (nSPS) is 11.3. The summed E-state index contributed by atoms with van der Waals surface area (Å²) >= 11 is 0. The molecule has 0 aromatic heterocycles. The van der Waals surface area contributed by atoms with E-state index >= 15 is 0 Å². The Morgan fingerprint density at radius 2 is 0.902 bits per heavy atom. The van der Waals surface area contributed by atoms with E-state index in [2.05, 4.69) is 13.8 Å². The Kier molecular flexibility index (Phi) is 24.4. The standard InChI is InChI=1S/C36H63NO4/c1-3-5-7-9-11-13-15-17-19-21-23-25-27-33(36(38)41-35-31-29-34(30-32-35)37(39)40)28-26-24-22-20-18-16-14-12-10-8-6-4-2/h29-33H,3-28H2,1-2H3. The van der Waals surface area contributed by atoms with Crippen LogP contribution in [0.25, 0.3) is 0 Å². The van der Waals surface area contributed by atoms with Gasteiger partial charge in [-0.25, -0.2) is 0 Å². The molecule has 0 aliphatic heterocycles. The van der Waals surface area contributed by atoms with Crippen molar-refractivity contribution in [2.45, 2.75) is 181 Å². The van der Waals surface area contributed by atoms with Crippen molar-refractivity contribution in [3.8, 4) is 5.75 Å². The third-order valence-electron chi connectivity index (χ3n) is 8.41. The Balaban J connectivity index is 2.30. The minimum atomic E-state index is -0.435. The van der Waals surface area contributed by atoms with Crippen LogP contribution in [-0.2, 0) is 4.79 Å². The minimum Gasteiger partial charge on any atom is -0.426 e. The van der Waals surface area contributed by atoms with Crippen LogP contribution in [0, 0.1) is 16.0 Å². The van der Waals surface area contributed by atoms with E-state index in [1.807, 2.05) is 0 Å². The Morgan fingerprint density at radius 1 is 0.585 bits per heavy atom. The highest BCUT2D eigenvalue weighted by Crippen LogP contribution is 2.24. The van der Waals surface area contributed by atoms with Crippen LogP contribution in [0.5, 0.6) is 5.75 Å². The summed E-state index contributed by atoms with van der Waals surface area (Å²) in [6.45, 7) is 4.53. The van der Waals surface area contributed by atoms with Crippen molar-refractivity contribution in [1.82, 2.24) is 0 Å². The van der Waals surface area contributed by atoms with Crippen LogP contribution < -0.4 is 4.74 Å². The molecule has 236 valence electrons. The molecule has 5 heteroatoms. The fraction of sp³-hybridized carbons (Fsp3) is 0.806. The molecule has 0 saturated heterocycles. The summed E-state index contributed by atoms with van der Waals surface area (Å²) in [5, 5.41) is 10.9. The summed E-state index contributed by atoms with van der Waals surface area (Å²) in [5.41, 5.74) is 0.00864. The molecule has 0 heterocycles. The van der Waals surface area contributed by atoms with E-state index < -0.39 is 4.92 Å². The molecule has 0 amide bonds. The maximum atomic E-state index is 13.0. The first kappa shape index (κ1) is 37.1. The minimum absolute atomic E-state index is 0.00864. The lowest BCUT2D eigenvalue weighted by atomic mass is 9.94. The number of unbranched alkanes of at least 4 members (excludes halogenated alkanes) is 22. The smallest absolute Gasteiger partial charge is 0.314 e. The largest absolute Gasteiger partial charge is 0.426 e. The summed E-state index contributed by atoms with van der Waals surface area (Å²) in [6, 6.07) is 5.85. The maximum Gasteiger partial charge on any atom is 0.314 e. The molecule has 1 rings (SSSR count). The molecule has 0 N–H and O–H groups in total. The van der Waals surface area contributed by atoms with E-state index in [9.17, 15) is 14.9 Å². The van der Waals surface area contributed by atoms with Gasteiger partial charge in [0.05, 0.1) is 10.8 Å². The number of nitro benzene ring substituents is 1. The molecule has 0 unspecified atom stereocenters. The summed E-state index contributed by atoms with van der Waals surface area (Å²) in [7, 11) is 0. The number of rotatable bonds is 29. The summed E-state index contributed by atoms with van der Waals surface area (Å²) in [5.74, 6) is 0.136. The molecule has 0 saturated carbocycles. The second kappa shape index (κ2) is 27.0. The van der Waals surface area contributed by atoms with Crippen molar-refractivity contribution in [3.05, 3.63) is 34.4 Å². The van der Waals surface area contributed by atoms with Crippen LogP contribution in [0.2, 0.25) is 0 Å². The molecule has 1 aromatic rings. The molecule has 0 fully saturated rings. The van der Waals surface area contributed by atoms with Gasteiger partial charge in [0.2, 0.25) is 0 Å². The van der Waals surface area contributed by atoms with Gasteiger partial charge < -0.3 is 4.74 Å². The number of carbonyl (C=O) groups is 1. The van der Waals surface area contributed by atoms with E-state index in [0.29, 0.717) is 5.75 Å². The van der Waals surface area contributed by atoms with E-state index in [1.54, 1.807) is 0 Å². The predicted molar refractivity (Wildman–Crippen MR) is 174 cm³/mol. The lowest BCUT2D eigenvalue weighted by Crippen LogP contribution is -2.21. The van der Waals surface area contributed by atoms with Crippen molar-refractivity contribution < 1.29 is 14.5 Å². The Hall–Kier alpha value is -1.91. The highest BCUT2D eigenvalue weighted by atomic mass is 16.6. The highest BCUT2D eigenvalue weighted by Gasteiger charge is 2.20. The van der Waals surface area contributed by atoms with Gasteiger partial charge in [0.15, 0.2) is 0 Å². The van der Waals surface area contributed by atoms with Crippen LogP contribution in [-0.4, -0.2) is 10.9 Å². The Labute approximate surface area is 252 Å². The van der Waals surface area contributed by atoms with Gasteiger partial charge in [-0.15, -0.1) is 0 Å². The van der Waals surface area contributed by atoms with Crippen LogP contribution in [0.15, 0.2) is 24.3 Å². The molecule has 41 heavy (non-hydrogen) atoms. The molecular formula is C36H63NO4. The zero-order valence-corrected chi connectivity index (χ0v) is 26.9. The SMILES string of the molecule is CCCCCCCCCCCCCCC(CCCCCCCCCCCCCC)C(=O)Oc1ccc([N+](=O)[O-])cc1. The van der Waals surface area contributed by atoms with Crippen LogP contribution in [0.1, 0.15) is 181 Å². The summed E-state index contributed by atoms with van der Waals surface area (Å²) in [6.07, 6.45) is 33.2. The lowest BCUT2D eigenvalue weighted by molar-refractivity contribution is -0.384. The summed E-state index contributed by atoms with van der Waals surface area (Å²) in [4.78, 5) is 23.5. The van der Waals surface area contributed by atoms with Gasteiger partial charge in [-0.05, 0) is 25.0 Å². The number of nitro groups is 1. The number of ether oxygens (including phenoxy) is 1. The zero-order chi connectivity index (χ0) is 29.8. The van der Waals surface area contributed by atoms with Gasteiger partial charge in [0, 0.05) is 12.1 Å². The average Bonchev–Trinajstić information content (AvgIpc) is 2.97. The number of hydrogen-bond donors (Lipinski definition) is 0. The van der Waals surface area contributed by atoms with Crippen LogP contribution in [0.3, 0.4) is 0 Å². The third kappa shape index (κ3) is 21.5. The molecule has 0 aliphatic rings. The van der Waals surface area contributed by atoms with Gasteiger partial charge in [-0.2, -0.15) is 0 Å². The monoisotopic (exact) mass is 573 g/mol. The Morgan fingerprint density at radius 3 is 1.22 bits per heavy atom. The second-order valence-electron chi connectivity index (χ2n) is 12.2. The molecule has 0 radical (unpaired) electrons. The third-order valence-corrected chi connectivity index (χ3v) is 8.41. The quantitative estimate of drug-likeness (QED) is 0.0314. The van der Waals surface area contributed by atoms with E-state index in [1.165, 1.54) is 166 Å². The number of esters is 1. The second-order valence-corrected chi connectivity index (χ2v) is 12.2.